The fourth-order valence-corrected chi connectivity index (χ4v) is 3.29. The van der Waals surface area contributed by atoms with E-state index in [1.807, 2.05) is 56.1 Å². The van der Waals surface area contributed by atoms with Crippen molar-refractivity contribution in [3.8, 4) is 6.07 Å². The quantitative estimate of drug-likeness (QED) is 0.825. The van der Waals surface area contributed by atoms with Gasteiger partial charge in [0.1, 0.15) is 18.0 Å². The van der Waals surface area contributed by atoms with Gasteiger partial charge in [-0.15, -0.1) is 0 Å². The molecular formula is C21H23FN2O2. The van der Waals surface area contributed by atoms with Crippen molar-refractivity contribution in [3.63, 3.8) is 0 Å². The molecule has 1 unspecified atom stereocenters. The van der Waals surface area contributed by atoms with Crippen LogP contribution in [0.5, 0.6) is 0 Å². The smallest absolute Gasteiger partial charge is 0.163 e. The summed E-state index contributed by atoms with van der Waals surface area (Å²) in [5.74, 6) is -1.02. The average molecular weight is 354 g/mol. The first-order chi connectivity index (χ1) is 12.4. The van der Waals surface area contributed by atoms with Crippen LogP contribution in [0.2, 0.25) is 0 Å². The predicted molar refractivity (Wildman–Crippen MR) is 96.6 cm³/mol. The van der Waals surface area contributed by atoms with Crippen LogP contribution in [-0.2, 0) is 9.47 Å². The highest BCUT2D eigenvalue weighted by atomic mass is 19.1. The molecule has 1 aliphatic heterocycles. The Balaban J connectivity index is 1.91. The third-order valence-electron chi connectivity index (χ3n) is 4.73. The molecule has 2 aromatic rings. The zero-order chi connectivity index (χ0) is 18.7. The Labute approximate surface area is 153 Å². The Morgan fingerprint density at radius 1 is 1.15 bits per heavy atom. The van der Waals surface area contributed by atoms with Gasteiger partial charge in [0.2, 0.25) is 0 Å². The van der Waals surface area contributed by atoms with Crippen molar-refractivity contribution in [2.24, 2.45) is 0 Å². The van der Waals surface area contributed by atoms with Gasteiger partial charge in [-0.3, -0.25) is 4.90 Å². The second-order valence-corrected chi connectivity index (χ2v) is 6.98. The van der Waals surface area contributed by atoms with Crippen LogP contribution in [0.1, 0.15) is 37.1 Å². The molecule has 0 spiro atoms. The number of rotatable bonds is 4. The van der Waals surface area contributed by atoms with Crippen molar-refractivity contribution in [3.05, 3.63) is 71.5 Å². The highest BCUT2D eigenvalue weighted by molar-refractivity contribution is 5.26. The lowest BCUT2D eigenvalue weighted by Crippen LogP contribution is -2.51. The molecule has 0 radical (unpaired) electrons. The van der Waals surface area contributed by atoms with E-state index in [2.05, 4.69) is 6.07 Å². The summed E-state index contributed by atoms with van der Waals surface area (Å²) in [6, 6.07) is 17.6. The number of nitrogens with zero attached hydrogens (tertiary/aromatic N) is 2. The monoisotopic (exact) mass is 354 g/mol. The number of benzene rings is 2. The van der Waals surface area contributed by atoms with Crippen LogP contribution >= 0.6 is 0 Å². The number of nitriles is 1. The first-order valence-electron chi connectivity index (χ1n) is 8.65. The summed E-state index contributed by atoms with van der Waals surface area (Å²) in [6.07, 6.45) is -0.235. The van der Waals surface area contributed by atoms with Gasteiger partial charge in [0.25, 0.3) is 0 Å². The van der Waals surface area contributed by atoms with E-state index in [4.69, 9.17) is 9.47 Å². The molecule has 4 nitrogen and oxygen atoms in total. The maximum absolute atomic E-state index is 13.2. The summed E-state index contributed by atoms with van der Waals surface area (Å²) >= 11 is 0. The second kappa shape index (κ2) is 7.55. The Kier molecular flexibility index (Phi) is 5.38. The van der Waals surface area contributed by atoms with E-state index < -0.39 is 11.8 Å². The van der Waals surface area contributed by atoms with E-state index in [0.717, 1.165) is 11.1 Å². The molecule has 0 bridgehead atoms. The lowest BCUT2D eigenvalue weighted by molar-refractivity contribution is -0.297. The minimum absolute atomic E-state index is 0.153. The van der Waals surface area contributed by atoms with E-state index in [1.54, 1.807) is 12.1 Å². The topological polar surface area (TPSA) is 45.5 Å². The van der Waals surface area contributed by atoms with E-state index in [1.165, 1.54) is 12.1 Å². The Bertz CT molecular complexity index is 771. The van der Waals surface area contributed by atoms with E-state index in [-0.39, 0.29) is 18.0 Å². The van der Waals surface area contributed by atoms with Gasteiger partial charge in [0, 0.05) is 0 Å². The van der Waals surface area contributed by atoms with Crippen LogP contribution in [0, 0.1) is 17.1 Å². The molecule has 5 heteroatoms. The number of hydrogen-bond acceptors (Lipinski definition) is 4. The summed E-state index contributed by atoms with van der Waals surface area (Å²) in [4.78, 5) is 1.94. The number of ether oxygens (including phenoxy) is 2. The molecule has 0 aromatic heterocycles. The van der Waals surface area contributed by atoms with Gasteiger partial charge in [-0.05, 0) is 44.2 Å². The SMILES string of the molecule is CN(C(C#N)c1ccc(F)cc1)[C@H]1COC(C)(C)O[C@H]1c1ccccc1. The largest absolute Gasteiger partial charge is 0.349 e. The fraction of sp³-hybridized carbons (Fsp3) is 0.381. The molecule has 26 heavy (non-hydrogen) atoms. The molecule has 1 saturated heterocycles. The van der Waals surface area contributed by atoms with Crippen LogP contribution in [0.3, 0.4) is 0 Å². The molecule has 0 N–H and O–H groups in total. The van der Waals surface area contributed by atoms with Crippen molar-refractivity contribution in [1.29, 1.82) is 5.26 Å². The average Bonchev–Trinajstić information content (AvgIpc) is 2.64. The normalized spacial score (nSPS) is 23.4. The van der Waals surface area contributed by atoms with Gasteiger partial charge in [-0.1, -0.05) is 42.5 Å². The summed E-state index contributed by atoms with van der Waals surface area (Å²) in [5, 5.41) is 9.74. The fourth-order valence-electron chi connectivity index (χ4n) is 3.29. The predicted octanol–water partition coefficient (Wildman–Crippen LogP) is 4.21. The van der Waals surface area contributed by atoms with Crippen molar-refractivity contribution in [1.82, 2.24) is 4.90 Å². The number of halogens is 1. The molecular weight excluding hydrogens is 331 g/mol. The van der Waals surface area contributed by atoms with E-state index >= 15 is 0 Å². The number of hydrogen-bond donors (Lipinski definition) is 0. The van der Waals surface area contributed by atoms with E-state index in [0.29, 0.717) is 6.61 Å². The van der Waals surface area contributed by atoms with E-state index in [9.17, 15) is 9.65 Å². The highest BCUT2D eigenvalue weighted by Gasteiger charge is 2.41. The summed E-state index contributed by atoms with van der Waals surface area (Å²) in [6.45, 7) is 4.21. The first-order valence-corrected chi connectivity index (χ1v) is 8.65. The Morgan fingerprint density at radius 3 is 2.42 bits per heavy atom. The molecule has 136 valence electrons. The van der Waals surface area contributed by atoms with Gasteiger partial charge < -0.3 is 9.47 Å². The minimum atomic E-state index is -0.699. The Hall–Kier alpha value is -2.26. The molecule has 1 heterocycles. The molecule has 2 aromatic carbocycles. The van der Waals surface area contributed by atoms with Gasteiger partial charge in [-0.25, -0.2) is 4.39 Å². The lowest BCUT2D eigenvalue weighted by Gasteiger charge is -2.45. The van der Waals surface area contributed by atoms with Crippen LogP contribution in [-0.4, -0.2) is 30.4 Å². The molecule has 3 rings (SSSR count). The maximum Gasteiger partial charge on any atom is 0.163 e. The van der Waals surface area contributed by atoms with Crippen molar-refractivity contribution >= 4 is 0 Å². The van der Waals surface area contributed by atoms with Crippen molar-refractivity contribution in [2.45, 2.75) is 37.8 Å². The first kappa shape index (κ1) is 18.5. The van der Waals surface area contributed by atoms with Gasteiger partial charge in [0.15, 0.2) is 5.79 Å². The summed E-state index contributed by atoms with van der Waals surface area (Å²) < 4.78 is 25.3. The van der Waals surface area contributed by atoms with Crippen LogP contribution in [0.25, 0.3) is 0 Å². The lowest BCUT2D eigenvalue weighted by atomic mass is 9.97. The molecule has 0 aliphatic carbocycles. The molecule has 1 aliphatic rings. The van der Waals surface area contributed by atoms with Crippen LogP contribution < -0.4 is 0 Å². The molecule has 3 atom stereocenters. The summed E-state index contributed by atoms with van der Waals surface area (Å²) in [7, 11) is 1.88. The van der Waals surface area contributed by atoms with Gasteiger partial charge in [0.05, 0.1) is 18.7 Å². The molecule has 0 amide bonds. The van der Waals surface area contributed by atoms with Crippen LogP contribution in [0.15, 0.2) is 54.6 Å². The number of likely N-dealkylation sites (N-methyl/N-ethyl adjacent to an activating group) is 1. The highest BCUT2D eigenvalue weighted by Crippen LogP contribution is 2.37. The zero-order valence-corrected chi connectivity index (χ0v) is 15.2. The zero-order valence-electron chi connectivity index (χ0n) is 15.2. The standard InChI is InChI=1S/C21H23FN2O2/c1-21(2)25-14-19(20(26-21)16-7-5-4-6-8-16)24(3)18(13-23)15-9-11-17(22)12-10-15/h4-12,18-20H,14H2,1-3H3/t18?,19-,20-/m0/s1. The third-order valence-corrected chi connectivity index (χ3v) is 4.73. The van der Waals surface area contributed by atoms with Gasteiger partial charge >= 0.3 is 0 Å². The van der Waals surface area contributed by atoms with Crippen LogP contribution in [0.4, 0.5) is 4.39 Å². The van der Waals surface area contributed by atoms with Crippen molar-refractivity contribution < 1.29 is 13.9 Å². The molecule has 0 saturated carbocycles. The third kappa shape index (κ3) is 3.94. The minimum Gasteiger partial charge on any atom is -0.349 e. The van der Waals surface area contributed by atoms with Crippen molar-refractivity contribution in [2.75, 3.05) is 13.7 Å². The molecule has 1 fully saturated rings. The summed E-state index contributed by atoms with van der Waals surface area (Å²) in [5.41, 5.74) is 1.78. The maximum atomic E-state index is 13.2. The van der Waals surface area contributed by atoms with Gasteiger partial charge in [-0.2, -0.15) is 5.26 Å². The Morgan fingerprint density at radius 2 is 1.81 bits per heavy atom. The second-order valence-electron chi connectivity index (χ2n) is 6.98.